The van der Waals surface area contributed by atoms with Crippen LogP contribution in [0.1, 0.15) is 11.1 Å². The molecule has 0 aromatic heterocycles. The molecule has 2 aromatic rings. The smallest absolute Gasteiger partial charge is 0.196 e. The van der Waals surface area contributed by atoms with E-state index in [0.717, 1.165) is 16.8 Å². The van der Waals surface area contributed by atoms with Crippen molar-refractivity contribution in [2.45, 2.75) is 13.5 Å². The highest BCUT2D eigenvalue weighted by atomic mass is 35.5. The van der Waals surface area contributed by atoms with Gasteiger partial charge in [-0.2, -0.15) is 0 Å². The minimum atomic E-state index is 0.238. The lowest BCUT2D eigenvalue weighted by Crippen LogP contribution is -2.31. The first-order valence-corrected chi connectivity index (χ1v) is 7.67. The molecular weight excluding hydrogens is 310 g/mol. The Morgan fingerprint density at radius 2 is 2.09 bits per heavy atom. The zero-order valence-corrected chi connectivity index (χ0v) is 13.8. The van der Waals surface area contributed by atoms with Crippen LogP contribution in [-0.2, 0) is 6.54 Å². The summed E-state index contributed by atoms with van der Waals surface area (Å²) in [6.07, 6.45) is 1.76. The monoisotopic (exact) mass is 329 g/mol. The lowest BCUT2D eigenvalue weighted by molar-refractivity contribution is 0.475. The first-order chi connectivity index (χ1) is 11.1. The highest BCUT2D eigenvalue weighted by Gasteiger charge is 2.04. The zero-order valence-electron chi connectivity index (χ0n) is 13.0. The first kappa shape index (κ1) is 16.9. The molecule has 3 N–H and O–H groups in total. The average Bonchev–Trinajstić information content (AvgIpc) is 2.53. The molecule has 2 rings (SSSR count). The summed E-state index contributed by atoms with van der Waals surface area (Å²) in [5.74, 6) is 0.861. The fourth-order valence-electron chi connectivity index (χ4n) is 2.01. The summed E-state index contributed by atoms with van der Waals surface area (Å²) >= 11 is 6.16. The molecule has 0 atom stereocenters. The predicted molar refractivity (Wildman–Crippen MR) is 97.3 cm³/mol. The number of aliphatic imine (C=N–C) groups is 1. The van der Waals surface area contributed by atoms with E-state index in [4.69, 9.17) is 11.6 Å². The Hall–Kier alpha value is -2.46. The van der Waals surface area contributed by atoms with Crippen molar-refractivity contribution in [1.82, 2.24) is 5.32 Å². The maximum absolute atomic E-state index is 9.49. The second-order valence-electron chi connectivity index (χ2n) is 5.05. The number of guanidine groups is 1. The third-order valence-corrected chi connectivity index (χ3v) is 3.61. The Labute approximate surface area is 141 Å². The van der Waals surface area contributed by atoms with E-state index in [1.54, 1.807) is 18.2 Å². The van der Waals surface area contributed by atoms with Gasteiger partial charge in [-0.1, -0.05) is 35.9 Å². The largest absolute Gasteiger partial charge is 0.508 e. The van der Waals surface area contributed by atoms with Gasteiger partial charge in [0.15, 0.2) is 5.96 Å². The molecule has 4 nitrogen and oxygen atoms in total. The summed E-state index contributed by atoms with van der Waals surface area (Å²) in [4.78, 5) is 4.55. The molecule has 0 bridgehead atoms. The lowest BCUT2D eigenvalue weighted by atomic mass is 10.2. The van der Waals surface area contributed by atoms with Gasteiger partial charge in [-0.3, -0.25) is 0 Å². The second-order valence-corrected chi connectivity index (χ2v) is 5.46. The van der Waals surface area contributed by atoms with Gasteiger partial charge in [0.25, 0.3) is 0 Å². The van der Waals surface area contributed by atoms with Gasteiger partial charge in [-0.15, -0.1) is 6.58 Å². The summed E-state index contributed by atoms with van der Waals surface area (Å²) < 4.78 is 0. The van der Waals surface area contributed by atoms with E-state index in [2.05, 4.69) is 22.2 Å². The normalized spacial score (nSPS) is 11.1. The van der Waals surface area contributed by atoms with Gasteiger partial charge in [-0.25, -0.2) is 4.99 Å². The van der Waals surface area contributed by atoms with Crippen LogP contribution in [0, 0.1) is 6.92 Å². The lowest BCUT2D eigenvalue weighted by Gasteiger charge is -2.14. The van der Waals surface area contributed by atoms with Crippen molar-refractivity contribution in [3.05, 3.63) is 71.3 Å². The minimum Gasteiger partial charge on any atom is -0.508 e. The fourth-order valence-corrected chi connectivity index (χ4v) is 2.21. The quantitative estimate of drug-likeness (QED) is 0.335. The molecule has 0 unspecified atom stereocenters. The third kappa shape index (κ3) is 5.04. The first-order valence-electron chi connectivity index (χ1n) is 7.29. The van der Waals surface area contributed by atoms with E-state index < -0.39 is 0 Å². The highest BCUT2D eigenvalue weighted by Crippen LogP contribution is 2.20. The number of nitrogens with zero attached hydrogens (tertiary/aromatic N) is 1. The summed E-state index contributed by atoms with van der Waals surface area (Å²) in [6.45, 7) is 6.67. The molecule has 23 heavy (non-hydrogen) atoms. The molecule has 0 saturated heterocycles. The number of benzene rings is 2. The van der Waals surface area contributed by atoms with Crippen LogP contribution in [0.15, 0.2) is 60.1 Å². The number of rotatable bonds is 5. The number of halogens is 1. The van der Waals surface area contributed by atoms with Crippen LogP contribution >= 0.6 is 11.6 Å². The molecule has 2 aromatic carbocycles. The molecule has 120 valence electrons. The van der Waals surface area contributed by atoms with Gasteiger partial charge in [0.2, 0.25) is 0 Å². The number of nitrogens with one attached hydrogen (secondary N) is 2. The number of hydrogen-bond donors (Lipinski definition) is 3. The van der Waals surface area contributed by atoms with E-state index in [1.165, 1.54) is 0 Å². The Balaban J connectivity index is 2.17. The van der Waals surface area contributed by atoms with Crippen molar-refractivity contribution in [2.75, 3.05) is 11.9 Å². The Morgan fingerprint density at radius 3 is 2.78 bits per heavy atom. The minimum absolute atomic E-state index is 0.238. The number of aromatic hydroxyl groups is 1. The van der Waals surface area contributed by atoms with E-state index in [-0.39, 0.29) is 5.75 Å². The van der Waals surface area contributed by atoms with E-state index in [1.807, 2.05) is 37.3 Å². The molecule has 5 heteroatoms. The summed E-state index contributed by atoms with van der Waals surface area (Å²) in [7, 11) is 0. The standard InChI is InChI=1S/C18H20ClN3O/c1-3-10-20-18(21-12-14-6-4-5-7-16(14)19)22-17-9-8-15(23)11-13(17)2/h3-9,11,23H,1,10,12H2,2H3,(H2,20,21,22). The molecule has 0 heterocycles. The van der Waals surface area contributed by atoms with Crippen molar-refractivity contribution in [2.24, 2.45) is 4.99 Å². The molecule has 0 amide bonds. The average molecular weight is 330 g/mol. The fraction of sp³-hybridized carbons (Fsp3) is 0.167. The number of hydrogen-bond acceptors (Lipinski definition) is 2. The molecule has 0 saturated carbocycles. The Kier molecular flexibility index (Phi) is 6.06. The number of phenols is 1. The van der Waals surface area contributed by atoms with Gasteiger partial charge < -0.3 is 15.7 Å². The number of aryl methyl sites for hydroxylation is 1. The maximum atomic E-state index is 9.49. The van der Waals surface area contributed by atoms with Crippen molar-refractivity contribution in [3.63, 3.8) is 0 Å². The van der Waals surface area contributed by atoms with E-state index >= 15 is 0 Å². The van der Waals surface area contributed by atoms with Crippen LogP contribution in [-0.4, -0.2) is 17.6 Å². The van der Waals surface area contributed by atoms with Crippen molar-refractivity contribution >= 4 is 23.2 Å². The van der Waals surface area contributed by atoms with Crippen LogP contribution in [0.25, 0.3) is 0 Å². The van der Waals surface area contributed by atoms with Crippen LogP contribution < -0.4 is 10.6 Å². The van der Waals surface area contributed by atoms with Gasteiger partial charge in [-0.05, 0) is 42.3 Å². The molecule has 0 aliphatic carbocycles. The predicted octanol–water partition coefficient (Wildman–Crippen LogP) is 4.10. The topological polar surface area (TPSA) is 56.7 Å². The van der Waals surface area contributed by atoms with Gasteiger partial charge in [0.1, 0.15) is 5.75 Å². The molecular formula is C18H20ClN3O. The maximum Gasteiger partial charge on any atom is 0.196 e. The van der Waals surface area contributed by atoms with Crippen LogP contribution in [0.2, 0.25) is 5.02 Å². The van der Waals surface area contributed by atoms with Crippen LogP contribution in [0.3, 0.4) is 0 Å². The van der Waals surface area contributed by atoms with Crippen LogP contribution in [0.5, 0.6) is 5.75 Å². The summed E-state index contributed by atoms with van der Waals surface area (Å²) in [6, 6.07) is 12.8. The highest BCUT2D eigenvalue weighted by molar-refractivity contribution is 6.31. The number of phenolic OH excluding ortho intramolecular Hbond substituents is 1. The summed E-state index contributed by atoms with van der Waals surface area (Å²) in [5, 5.41) is 16.6. The van der Waals surface area contributed by atoms with Gasteiger partial charge >= 0.3 is 0 Å². The zero-order chi connectivity index (χ0) is 16.7. The molecule has 0 spiro atoms. The van der Waals surface area contributed by atoms with Gasteiger partial charge in [0.05, 0.1) is 6.54 Å². The molecule has 0 radical (unpaired) electrons. The van der Waals surface area contributed by atoms with Crippen molar-refractivity contribution in [3.8, 4) is 5.75 Å². The molecule has 0 aliphatic rings. The number of anilines is 1. The summed E-state index contributed by atoms with van der Waals surface area (Å²) in [5.41, 5.74) is 2.75. The SMILES string of the molecule is C=CCNC(=NCc1ccccc1Cl)Nc1ccc(O)cc1C. The van der Waals surface area contributed by atoms with Gasteiger partial charge in [0, 0.05) is 17.3 Å². The molecule has 0 aliphatic heterocycles. The van der Waals surface area contributed by atoms with E-state index in [0.29, 0.717) is 24.1 Å². The third-order valence-electron chi connectivity index (χ3n) is 3.24. The van der Waals surface area contributed by atoms with Crippen molar-refractivity contribution < 1.29 is 5.11 Å². The molecule has 0 fully saturated rings. The van der Waals surface area contributed by atoms with Crippen LogP contribution in [0.4, 0.5) is 5.69 Å². The Bertz CT molecular complexity index is 713. The van der Waals surface area contributed by atoms with Crippen molar-refractivity contribution in [1.29, 1.82) is 0 Å². The second kappa shape index (κ2) is 8.25. The van der Waals surface area contributed by atoms with E-state index in [9.17, 15) is 5.11 Å². The Morgan fingerprint density at radius 1 is 1.30 bits per heavy atom.